The van der Waals surface area contributed by atoms with Crippen molar-refractivity contribution >= 4 is 26.8 Å². The maximum absolute atomic E-state index is 13.6. The molecule has 3 heterocycles. The standard InChI is InChI=1S/C24H27FN4O4S/c25-18-6-9-20-21(14-29(26)22(20)13-18)17-4-7-19(8-5-17)34(32,33)28-12-2-10-24(31,16-28)15-27-11-1-3-23(27)30/h4-9,13-14,31H,1-3,10-12,15-16,26H2. The number of piperidine rings is 1. The fourth-order valence-corrected chi connectivity index (χ4v) is 6.60. The number of aliphatic hydroxyl groups is 1. The third kappa shape index (κ3) is 4.06. The molecular weight excluding hydrogens is 459 g/mol. The number of sulfonamides is 1. The summed E-state index contributed by atoms with van der Waals surface area (Å²) in [4.78, 5) is 13.7. The SMILES string of the molecule is Nn1cc(-c2ccc(S(=O)(=O)N3CCCC(O)(CN4CCCC4=O)C3)cc2)c2ccc(F)cc21. The Kier molecular flexibility index (Phi) is 5.62. The average molecular weight is 487 g/mol. The number of nitrogens with two attached hydrogens (primary N) is 1. The van der Waals surface area contributed by atoms with E-state index in [0.717, 1.165) is 22.9 Å². The Balaban J connectivity index is 1.38. The highest BCUT2D eigenvalue weighted by atomic mass is 32.2. The molecule has 1 aromatic heterocycles. The Hall–Kier alpha value is -2.95. The number of fused-ring (bicyclic) bond motifs is 1. The Morgan fingerprint density at radius 2 is 1.85 bits per heavy atom. The fourth-order valence-electron chi connectivity index (χ4n) is 5.04. The molecule has 8 nitrogen and oxygen atoms in total. The number of β-amino-alcohol motifs (C(OH)–C–C–N with tert-alkyl or cyclic N) is 1. The maximum atomic E-state index is 13.6. The van der Waals surface area contributed by atoms with Crippen molar-refractivity contribution < 1.29 is 22.7 Å². The molecule has 2 saturated heterocycles. The zero-order valence-electron chi connectivity index (χ0n) is 18.7. The molecule has 1 amide bonds. The van der Waals surface area contributed by atoms with Crippen molar-refractivity contribution in [3.8, 4) is 11.1 Å². The molecule has 0 spiro atoms. The summed E-state index contributed by atoms with van der Waals surface area (Å²) in [5.74, 6) is 5.59. The number of aromatic nitrogens is 1. The van der Waals surface area contributed by atoms with Crippen LogP contribution in [0.15, 0.2) is 53.6 Å². The Morgan fingerprint density at radius 3 is 2.56 bits per heavy atom. The van der Waals surface area contributed by atoms with Gasteiger partial charge < -0.3 is 15.8 Å². The van der Waals surface area contributed by atoms with Crippen molar-refractivity contribution in [2.75, 3.05) is 32.0 Å². The second-order valence-electron chi connectivity index (χ2n) is 9.22. The van der Waals surface area contributed by atoms with Crippen molar-refractivity contribution in [1.82, 2.24) is 13.9 Å². The second kappa shape index (κ2) is 8.37. The highest BCUT2D eigenvalue weighted by Crippen LogP contribution is 2.32. The van der Waals surface area contributed by atoms with Gasteiger partial charge in [0.1, 0.15) is 5.82 Å². The van der Waals surface area contributed by atoms with Crippen LogP contribution in [0.25, 0.3) is 22.0 Å². The van der Waals surface area contributed by atoms with E-state index in [9.17, 15) is 22.7 Å². The molecule has 2 aliphatic heterocycles. The van der Waals surface area contributed by atoms with Gasteiger partial charge in [-0.3, -0.25) is 9.47 Å². The van der Waals surface area contributed by atoms with E-state index >= 15 is 0 Å². The third-order valence-electron chi connectivity index (χ3n) is 6.78. The van der Waals surface area contributed by atoms with Crippen LogP contribution in [-0.2, 0) is 14.8 Å². The number of hydrogen-bond acceptors (Lipinski definition) is 5. The predicted molar refractivity (Wildman–Crippen MR) is 126 cm³/mol. The average Bonchev–Trinajstić information content (AvgIpc) is 3.36. The zero-order valence-corrected chi connectivity index (χ0v) is 19.5. The van der Waals surface area contributed by atoms with E-state index in [2.05, 4.69) is 0 Å². The van der Waals surface area contributed by atoms with E-state index in [1.165, 1.54) is 33.2 Å². The van der Waals surface area contributed by atoms with Gasteiger partial charge in [0.15, 0.2) is 0 Å². The molecule has 3 aromatic rings. The van der Waals surface area contributed by atoms with Crippen molar-refractivity contribution in [3.05, 3.63) is 54.5 Å². The van der Waals surface area contributed by atoms with Gasteiger partial charge in [0.25, 0.3) is 0 Å². The van der Waals surface area contributed by atoms with E-state index in [4.69, 9.17) is 5.84 Å². The topological polar surface area (TPSA) is 109 Å². The molecule has 3 N–H and O–H groups in total. The van der Waals surface area contributed by atoms with Crippen molar-refractivity contribution in [2.24, 2.45) is 0 Å². The molecule has 34 heavy (non-hydrogen) atoms. The lowest BCUT2D eigenvalue weighted by Crippen LogP contribution is -2.55. The number of benzene rings is 2. The van der Waals surface area contributed by atoms with E-state index < -0.39 is 15.6 Å². The van der Waals surface area contributed by atoms with Gasteiger partial charge in [-0.2, -0.15) is 4.31 Å². The summed E-state index contributed by atoms with van der Waals surface area (Å²) in [6.45, 7) is 1.02. The van der Waals surface area contributed by atoms with Crippen LogP contribution in [0.5, 0.6) is 0 Å². The van der Waals surface area contributed by atoms with Crippen LogP contribution in [0.1, 0.15) is 25.7 Å². The first-order valence-electron chi connectivity index (χ1n) is 11.3. The van der Waals surface area contributed by atoms with Crippen molar-refractivity contribution in [2.45, 2.75) is 36.2 Å². The number of halogens is 1. The minimum atomic E-state index is -3.83. The smallest absolute Gasteiger partial charge is 0.243 e. The molecule has 0 saturated carbocycles. The summed E-state index contributed by atoms with van der Waals surface area (Å²) in [5.41, 5.74) is 0.797. The molecule has 180 valence electrons. The minimum Gasteiger partial charge on any atom is -0.387 e. The Labute approximate surface area is 197 Å². The van der Waals surface area contributed by atoms with Gasteiger partial charge in [0.2, 0.25) is 15.9 Å². The summed E-state index contributed by atoms with van der Waals surface area (Å²) in [7, 11) is -3.83. The minimum absolute atomic E-state index is 0.00516. The quantitative estimate of drug-likeness (QED) is 0.538. The van der Waals surface area contributed by atoms with E-state index in [1.54, 1.807) is 29.3 Å². The van der Waals surface area contributed by atoms with Gasteiger partial charge in [-0.25, -0.2) is 12.8 Å². The van der Waals surface area contributed by atoms with Gasteiger partial charge in [-0.15, -0.1) is 0 Å². The van der Waals surface area contributed by atoms with Gasteiger partial charge in [0.05, 0.1) is 22.6 Å². The number of nitrogen functional groups attached to an aromatic ring is 1. The number of carbonyl (C=O) groups is 1. The summed E-state index contributed by atoms with van der Waals surface area (Å²) >= 11 is 0. The number of rotatable bonds is 5. The lowest BCUT2D eigenvalue weighted by Gasteiger charge is -2.40. The molecule has 2 fully saturated rings. The van der Waals surface area contributed by atoms with E-state index in [0.29, 0.717) is 37.9 Å². The Bertz CT molecular complexity index is 1360. The van der Waals surface area contributed by atoms with Gasteiger partial charge in [-0.1, -0.05) is 12.1 Å². The molecule has 0 bridgehead atoms. The molecule has 2 aliphatic rings. The highest BCUT2D eigenvalue weighted by Gasteiger charge is 2.41. The third-order valence-corrected chi connectivity index (χ3v) is 8.64. The summed E-state index contributed by atoms with van der Waals surface area (Å²) in [6, 6.07) is 10.8. The summed E-state index contributed by atoms with van der Waals surface area (Å²) in [5, 5.41) is 11.9. The monoisotopic (exact) mass is 486 g/mol. The van der Waals surface area contributed by atoms with Gasteiger partial charge >= 0.3 is 0 Å². The zero-order chi connectivity index (χ0) is 24.1. The molecule has 0 radical (unpaired) electrons. The lowest BCUT2D eigenvalue weighted by molar-refractivity contribution is -0.132. The number of carbonyl (C=O) groups excluding carboxylic acids is 1. The van der Waals surface area contributed by atoms with E-state index in [-0.39, 0.29) is 29.7 Å². The highest BCUT2D eigenvalue weighted by molar-refractivity contribution is 7.89. The fraction of sp³-hybridized carbons (Fsp3) is 0.375. The molecule has 0 aliphatic carbocycles. The van der Waals surface area contributed by atoms with Crippen LogP contribution in [0.3, 0.4) is 0 Å². The first kappa shape index (κ1) is 22.8. The number of nitrogens with zero attached hydrogens (tertiary/aromatic N) is 3. The predicted octanol–water partition coefficient (Wildman–Crippen LogP) is 2.30. The van der Waals surface area contributed by atoms with Crippen LogP contribution in [0, 0.1) is 5.82 Å². The number of amides is 1. The van der Waals surface area contributed by atoms with Crippen LogP contribution >= 0.6 is 0 Å². The van der Waals surface area contributed by atoms with Gasteiger partial charge in [0, 0.05) is 49.3 Å². The normalized spacial score (nSPS) is 22.1. The second-order valence-corrected chi connectivity index (χ2v) is 11.2. The number of hydrogen-bond donors (Lipinski definition) is 2. The van der Waals surface area contributed by atoms with Crippen LogP contribution in [-0.4, -0.2) is 65.1 Å². The Morgan fingerprint density at radius 1 is 1.09 bits per heavy atom. The molecule has 5 rings (SSSR count). The largest absolute Gasteiger partial charge is 0.387 e. The lowest BCUT2D eigenvalue weighted by atomic mass is 9.93. The van der Waals surface area contributed by atoms with Crippen LogP contribution < -0.4 is 5.84 Å². The van der Waals surface area contributed by atoms with Gasteiger partial charge in [-0.05, 0) is 49.1 Å². The summed E-state index contributed by atoms with van der Waals surface area (Å²) < 4.78 is 42.9. The molecule has 2 aromatic carbocycles. The summed E-state index contributed by atoms with van der Waals surface area (Å²) in [6.07, 6.45) is 3.88. The van der Waals surface area contributed by atoms with Crippen molar-refractivity contribution in [1.29, 1.82) is 0 Å². The first-order chi connectivity index (χ1) is 16.2. The van der Waals surface area contributed by atoms with Crippen LogP contribution in [0.2, 0.25) is 0 Å². The van der Waals surface area contributed by atoms with E-state index in [1.807, 2.05) is 0 Å². The molecular formula is C24H27FN4O4S. The molecule has 1 atom stereocenters. The van der Waals surface area contributed by atoms with Crippen LogP contribution in [0.4, 0.5) is 4.39 Å². The number of likely N-dealkylation sites (tertiary alicyclic amines) is 1. The molecule has 1 unspecified atom stereocenters. The maximum Gasteiger partial charge on any atom is 0.243 e. The van der Waals surface area contributed by atoms with Crippen molar-refractivity contribution in [3.63, 3.8) is 0 Å². The first-order valence-corrected chi connectivity index (χ1v) is 12.8. The molecule has 10 heteroatoms.